The maximum atomic E-state index is 10.9. The van der Waals surface area contributed by atoms with Crippen LogP contribution in [0.4, 0.5) is 0 Å². The number of fused-ring (bicyclic) bond motifs is 1. The third-order valence-electron chi connectivity index (χ3n) is 5.96. The molecule has 22 heavy (non-hydrogen) atoms. The van der Waals surface area contributed by atoms with E-state index in [4.69, 9.17) is 0 Å². The lowest BCUT2D eigenvalue weighted by Gasteiger charge is -2.40. The second-order valence-electron chi connectivity index (χ2n) is 8.57. The lowest BCUT2D eigenvalue weighted by atomic mass is 9.68. The molecule has 0 aromatic carbocycles. The molecule has 2 nitrogen and oxygen atoms in total. The smallest absolute Gasteiger partial charge is 0.0623 e. The zero-order valence-corrected chi connectivity index (χ0v) is 15.0. The topological polar surface area (TPSA) is 40.5 Å². The van der Waals surface area contributed by atoms with Crippen LogP contribution in [0.25, 0.3) is 0 Å². The molecule has 0 heterocycles. The van der Waals surface area contributed by atoms with Crippen molar-refractivity contribution in [3.63, 3.8) is 0 Å². The Kier molecular flexibility index (Phi) is 5.23. The first-order valence-corrected chi connectivity index (χ1v) is 8.89. The normalized spacial score (nSPS) is 44.6. The van der Waals surface area contributed by atoms with Crippen molar-refractivity contribution in [2.24, 2.45) is 23.2 Å². The van der Waals surface area contributed by atoms with Crippen molar-refractivity contribution in [3.05, 3.63) is 23.8 Å². The van der Waals surface area contributed by atoms with Crippen molar-refractivity contribution in [3.8, 4) is 0 Å². The third-order valence-corrected chi connectivity index (χ3v) is 5.96. The van der Waals surface area contributed by atoms with Gasteiger partial charge in [0.25, 0.3) is 0 Å². The molecule has 0 amide bonds. The Morgan fingerprint density at radius 1 is 1.27 bits per heavy atom. The van der Waals surface area contributed by atoms with Crippen LogP contribution in [0, 0.1) is 23.2 Å². The first-order chi connectivity index (χ1) is 10.1. The van der Waals surface area contributed by atoms with Crippen molar-refractivity contribution < 1.29 is 10.2 Å². The highest BCUT2D eigenvalue weighted by Gasteiger charge is 2.51. The molecular formula is C20H34O2. The number of aliphatic hydroxyl groups is 2. The molecule has 0 bridgehead atoms. The summed E-state index contributed by atoms with van der Waals surface area (Å²) in [7, 11) is 0. The monoisotopic (exact) mass is 306 g/mol. The van der Waals surface area contributed by atoms with Gasteiger partial charge in [-0.05, 0) is 76.0 Å². The number of rotatable bonds is 1. The standard InChI is InChI=1S/C20H34O2/c1-14-7-6-8-15(2)13-17(21)18-16(19(3,4)22)10-12-20(18,5)11-9-14/h8-9,11,14,16-18,21-22H,6-7,10,12-13H2,1-5H3/b11-9+,15-8+/t14-,16-,17+,18-,20+/m0/s1. The molecule has 0 aromatic rings. The summed E-state index contributed by atoms with van der Waals surface area (Å²) in [5, 5.41) is 21.5. The molecule has 5 atom stereocenters. The van der Waals surface area contributed by atoms with Gasteiger partial charge in [-0.15, -0.1) is 0 Å². The molecule has 0 spiro atoms. The molecule has 2 heteroatoms. The third kappa shape index (κ3) is 3.83. The van der Waals surface area contributed by atoms with Crippen LogP contribution in [0.5, 0.6) is 0 Å². The summed E-state index contributed by atoms with van der Waals surface area (Å²) in [4.78, 5) is 0. The number of hydrogen-bond acceptors (Lipinski definition) is 2. The fourth-order valence-corrected chi connectivity index (χ4v) is 4.58. The molecule has 126 valence electrons. The summed E-state index contributed by atoms with van der Waals surface area (Å²) in [6.07, 6.45) is 11.6. The molecule has 2 aliphatic rings. The molecular weight excluding hydrogens is 272 g/mol. The number of allylic oxidation sites excluding steroid dienone is 3. The van der Waals surface area contributed by atoms with E-state index in [9.17, 15) is 10.2 Å². The minimum absolute atomic E-state index is 0.0109. The maximum Gasteiger partial charge on any atom is 0.0623 e. The lowest BCUT2D eigenvalue weighted by molar-refractivity contribution is -0.0509. The zero-order chi connectivity index (χ0) is 16.5. The van der Waals surface area contributed by atoms with Gasteiger partial charge in [-0.2, -0.15) is 0 Å². The first-order valence-electron chi connectivity index (χ1n) is 8.89. The van der Waals surface area contributed by atoms with E-state index in [1.54, 1.807) is 0 Å². The van der Waals surface area contributed by atoms with Gasteiger partial charge in [-0.1, -0.05) is 37.6 Å². The summed E-state index contributed by atoms with van der Waals surface area (Å²) < 4.78 is 0. The van der Waals surface area contributed by atoms with Crippen molar-refractivity contribution in [2.45, 2.75) is 78.4 Å². The van der Waals surface area contributed by atoms with E-state index in [1.807, 2.05) is 13.8 Å². The molecule has 0 radical (unpaired) electrons. The van der Waals surface area contributed by atoms with E-state index in [0.29, 0.717) is 5.92 Å². The van der Waals surface area contributed by atoms with Gasteiger partial charge in [0.1, 0.15) is 0 Å². The molecule has 1 fully saturated rings. The lowest BCUT2D eigenvalue weighted by Crippen LogP contribution is -2.43. The van der Waals surface area contributed by atoms with Gasteiger partial charge in [0.05, 0.1) is 11.7 Å². The van der Waals surface area contributed by atoms with Crippen molar-refractivity contribution in [2.75, 3.05) is 0 Å². The largest absolute Gasteiger partial charge is 0.392 e. The quantitative estimate of drug-likeness (QED) is 0.702. The Labute approximate surface area is 136 Å². The van der Waals surface area contributed by atoms with Gasteiger partial charge < -0.3 is 10.2 Å². The second-order valence-corrected chi connectivity index (χ2v) is 8.57. The predicted molar refractivity (Wildman–Crippen MR) is 92.5 cm³/mol. The van der Waals surface area contributed by atoms with E-state index in [2.05, 4.69) is 39.0 Å². The number of aliphatic hydroxyl groups excluding tert-OH is 1. The molecule has 0 aliphatic heterocycles. The van der Waals surface area contributed by atoms with E-state index < -0.39 is 5.60 Å². The average Bonchev–Trinajstić information content (AvgIpc) is 2.73. The van der Waals surface area contributed by atoms with Crippen LogP contribution in [-0.2, 0) is 0 Å². The van der Waals surface area contributed by atoms with Gasteiger partial charge in [-0.25, -0.2) is 0 Å². The van der Waals surface area contributed by atoms with Gasteiger partial charge in [0.2, 0.25) is 0 Å². The molecule has 2 aliphatic carbocycles. The molecule has 0 aromatic heterocycles. The fourth-order valence-electron chi connectivity index (χ4n) is 4.58. The Bertz CT molecular complexity index is 443. The van der Waals surface area contributed by atoms with Gasteiger partial charge in [0, 0.05) is 0 Å². The summed E-state index contributed by atoms with van der Waals surface area (Å²) in [6.45, 7) is 10.5. The Morgan fingerprint density at radius 2 is 1.95 bits per heavy atom. The molecule has 0 saturated heterocycles. The molecule has 1 saturated carbocycles. The predicted octanol–water partition coefficient (Wildman–Crippen LogP) is 4.47. The molecule has 2 N–H and O–H groups in total. The van der Waals surface area contributed by atoms with E-state index in [1.165, 1.54) is 12.0 Å². The van der Waals surface area contributed by atoms with Crippen LogP contribution in [0.2, 0.25) is 0 Å². The highest BCUT2D eigenvalue weighted by atomic mass is 16.3. The van der Waals surface area contributed by atoms with Crippen LogP contribution in [-0.4, -0.2) is 21.9 Å². The fraction of sp³-hybridized carbons (Fsp3) is 0.800. The van der Waals surface area contributed by atoms with Gasteiger partial charge in [-0.3, -0.25) is 0 Å². The van der Waals surface area contributed by atoms with E-state index in [-0.39, 0.29) is 23.4 Å². The maximum absolute atomic E-state index is 10.9. The van der Waals surface area contributed by atoms with Crippen LogP contribution >= 0.6 is 0 Å². The summed E-state index contributed by atoms with van der Waals surface area (Å²) in [5.74, 6) is 0.844. The Balaban J connectivity index is 2.39. The minimum Gasteiger partial charge on any atom is -0.392 e. The highest BCUT2D eigenvalue weighted by molar-refractivity contribution is 5.14. The Morgan fingerprint density at radius 3 is 2.59 bits per heavy atom. The molecule has 0 unspecified atom stereocenters. The summed E-state index contributed by atoms with van der Waals surface area (Å²) in [6, 6.07) is 0. The average molecular weight is 306 g/mol. The highest BCUT2D eigenvalue weighted by Crippen LogP contribution is 2.54. The molecule has 2 rings (SSSR count). The van der Waals surface area contributed by atoms with Gasteiger partial charge >= 0.3 is 0 Å². The zero-order valence-electron chi connectivity index (χ0n) is 15.0. The Hall–Kier alpha value is -0.600. The second kappa shape index (κ2) is 6.49. The van der Waals surface area contributed by atoms with Crippen LogP contribution in [0.15, 0.2) is 23.8 Å². The number of hydrogen-bond donors (Lipinski definition) is 2. The SMILES string of the molecule is C/C1=C\CC[C@H](C)/C=C/[C@]2(C)CC[C@H](C(C)(C)O)[C@H]2[C@H](O)C1. The van der Waals surface area contributed by atoms with Crippen molar-refractivity contribution in [1.82, 2.24) is 0 Å². The van der Waals surface area contributed by atoms with Crippen molar-refractivity contribution in [1.29, 1.82) is 0 Å². The summed E-state index contributed by atoms with van der Waals surface area (Å²) >= 11 is 0. The van der Waals surface area contributed by atoms with Gasteiger partial charge in [0.15, 0.2) is 0 Å². The minimum atomic E-state index is -0.735. The van der Waals surface area contributed by atoms with Crippen molar-refractivity contribution >= 4 is 0 Å². The van der Waals surface area contributed by atoms with E-state index >= 15 is 0 Å². The van der Waals surface area contributed by atoms with Crippen LogP contribution < -0.4 is 0 Å². The van der Waals surface area contributed by atoms with Crippen LogP contribution in [0.1, 0.15) is 66.7 Å². The van der Waals surface area contributed by atoms with Crippen LogP contribution in [0.3, 0.4) is 0 Å². The first kappa shape index (κ1) is 17.7. The van der Waals surface area contributed by atoms with E-state index in [0.717, 1.165) is 25.7 Å². The summed E-state index contributed by atoms with van der Waals surface area (Å²) in [5.41, 5.74) is 0.536.